The normalized spacial score (nSPS) is 11.7. The highest BCUT2D eigenvalue weighted by Gasteiger charge is 2.14. The number of nitriles is 1. The van der Waals surface area contributed by atoms with Gasteiger partial charge in [-0.1, -0.05) is 36.4 Å². The number of hydrogen-bond acceptors (Lipinski definition) is 3. The molecule has 0 spiro atoms. The number of benzene rings is 2. The minimum atomic E-state index is -0.558. The van der Waals surface area contributed by atoms with Crippen LogP contribution in [0.4, 0.5) is 5.69 Å². The number of hydrogen-bond donors (Lipinski definition) is 1. The van der Waals surface area contributed by atoms with Gasteiger partial charge < -0.3 is 10.0 Å². The van der Waals surface area contributed by atoms with Gasteiger partial charge >= 0.3 is 0 Å². The second kappa shape index (κ2) is 6.92. The summed E-state index contributed by atoms with van der Waals surface area (Å²) in [6.45, 7) is 5.39. The summed E-state index contributed by atoms with van der Waals surface area (Å²) < 4.78 is 0. The molecule has 2 rings (SSSR count). The Hall–Kier alpha value is -2.31. The third-order valence-electron chi connectivity index (χ3n) is 3.55. The van der Waals surface area contributed by atoms with Crippen molar-refractivity contribution in [2.24, 2.45) is 0 Å². The minimum Gasteiger partial charge on any atom is -0.389 e. The van der Waals surface area contributed by atoms with Crippen LogP contribution in [0.3, 0.4) is 0 Å². The van der Waals surface area contributed by atoms with Gasteiger partial charge in [-0.15, -0.1) is 0 Å². The molecule has 0 unspecified atom stereocenters. The van der Waals surface area contributed by atoms with Gasteiger partial charge in [0.05, 0.1) is 17.7 Å². The molecular weight excluding hydrogens is 260 g/mol. The maximum atomic E-state index is 9.97. The van der Waals surface area contributed by atoms with Gasteiger partial charge in [0.1, 0.15) is 0 Å². The monoisotopic (exact) mass is 280 g/mol. The zero-order chi connectivity index (χ0) is 15.2. The van der Waals surface area contributed by atoms with Gasteiger partial charge in [0.25, 0.3) is 0 Å². The van der Waals surface area contributed by atoms with E-state index in [-0.39, 0.29) is 0 Å². The molecular formula is C18H20N2O. The first kappa shape index (κ1) is 15.1. The molecule has 0 aromatic heterocycles. The quantitative estimate of drug-likeness (QED) is 0.909. The van der Waals surface area contributed by atoms with Gasteiger partial charge in [-0.3, -0.25) is 0 Å². The first-order valence-electron chi connectivity index (χ1n) is 7.16. The second-order valence-corrected chi connectivity index (χ2v) is 5.06. The summed E-state index contributed by atoms with van der Waals surface area (Å²) in [7, 11) is 0. The van der Waals surface area contributed by atoms with Crippen molar-refractivity contribution in [2.45, 2.75) is 26.5 Å². The lowest BCUT2D eigenvalue weighted by atomic mass is 10.0. The molecule has 0 amide bonds. The lowest BCUT2D eigenvalue weighted by Crippen LogP contribution is -2.23. The van der Waals surface area contributed by atoms with E-state index in [2.05, 4.69) is 30.0 Å². The third-order valence-corrected chi connectivity index (χ3v) is 3.55. The van der Waals surface area contributed by atoms with Crippen LogP contribution >= 0.6 is 0 Å². The first-order valence-corrected chi connectivity index (χ1v) is 7.16. The molecule has 0 saturated heterocycles. The smallest absolute Gasteiger partial charge is 0.0992 e. The van der Waals surface area contributed by atoms with E-state index in [0.29, 0.717) is 5.56 Å². The number of anilines is 1. The fourth-order valence-electron chi connectivity index (χ4n) is 2.41. The average Bonchev–Trinajstić information content (AvgIpc) is 2.52. The highest BCUT2D eigenvalue weighted by Crippen LogP contribution is 2.28. The number of aliphatic hydroxyl groups excluding tert-OH is 1. The fourth-order valence-corrected chi connectivity index (χ4v) is 2.41. The summed E-state index contributed by atoms with van der Waals surface area (Å²) in [5.74, 6) is 0. The van der Waals surface area contributed by atoms with Crippen molar-refractivity contribution in [3.8, 4) is 6.07 Å². The Labute approximate surface area is 126 Å². The summed E-state index contributed by atoms with van der Waals surface area (Å²) in [6.07, 6.45) is -0.558. The second-order valence-electron chi connectivity index (χ2n) is 5.06. The fraction of sp³-hybridized carbons (Fsp3) is 0.278. The Morgan fingerprint density at radius 2 is 1.90 bits per heavy atom. The number of aliphatic hydroxyl groups is 1. The van der Waals surface area contributed by atoms with E-state index in [0.717, 1.165) is 24.3 Å². The summed E-state index contributed by atoms with van der Waals surface area (Å²) in [6, 6.07) is 17.8. The molecule has 1 atom stereocenters. The van der Waals surface area contributed by atoms with Gasteiger partial charge in [-0.25, -0.2) is 0 Å². The summed E-state index contributed by atoms with van der Waals surface area (Å²) in [5, 5.41) is 19.1. The Morgan fingerprint density at radius 1 is 1.19 bits per heavy atom. The molecule has 0 aliphatic heterocycles. The van der Waals surface area contributed by atoms with E-state index in [4.69, 9.17) is 5.26 Å². The predicted octanol–water partition coefficient (Wildman–Crippen LogP) is 3.64. The van der Waals surface area contributed by atoms with Gasteiger partial charge in [0.2, 0.25) is 0 Å². The van der Waals surface area contributed by atoms with Crippen molar-refractivity contribution in [3.05, 3.63) is 65.2 Å². The van der Waals surface area contributed by atoms with Crippen LogP contribution in [-0.4, -0.2) is 11.7 Å². The van der Waals surface area contributed by atoms with Crippen molar-refractivity contribution in [1.82, 2.24) is 0 Å². The standard InChI is InChI=1S/C18H20N2O/c1-3-20(13-15-7-5-4-6-8-15)18-11-16(12-19)9-10-17(18)14(2)21/h4-11,14,21H,3,13H2,1-2H3/t14-/m0/s1. The maximum absolute atomic E-state index is 9.97. The molecule has 3 heteroatoms. The van der Waals surface area contributed by atoms with Crippen LogP contribution in [0.25, 0.3) is 0 Å². The molecule has 108 valence electrons. The first-order chi connectivity index (χ1) is 10.2. The van der Waals surface area contributed by atoms with E-state index in [1.807, 2.05) is 30.3 Å². The van der Waals surface area contributed by atoms with Gasteiger partial charge in [-0.05, 0) is 31.5 Å². The van der Waals surface area contributed by atoms with E-state index in [1.54, 1.807) is 13.0 Å². The van der Waals surface area contributed by atoms with Crippen molar-refractivity contribution in [1.29, 1.82) is 5.26 Å². The van der Waals surface area contributed by atoms with E-state index in [9.17, 15) is 5.11 Å². The zero-order valence-corrected chi connectivity index (χ0v) is 12.5. The van der Waals surface area contributed by atoms with Crippen LogP contribution in [0.15, 0.2) is 48.5 Å². The molecule has 0 aliphatic carbocycles. The maximum Gasteiger partial charge on any atom is 0.0992 e. The molecule has 2 aromatic carbocycles. The van der Waals surface area contributed by atoms with Gasteiger partial charge in [0, 0.05) is 24.3 Å². The van der Waals surface area contributed by atoms with Crippen LogP contribution in [0.1, 0.15) is 36.6 Å². The van der Waals surface area contributed by atoms with Crippen LogP contribution < -0.4 is 4.90 Å². The number of rotatable bonds is 5. The Kier molecular flexibility index (Phi) is 4.97. The Bertz CT molecular complexity index is 629. The van der Waals surface area contributed by atoms with Gasteiger partial charge in [-0.2, -0.15) is 5.26 Å². The Morgan fingerprint density at radius 3 is 2.48 bits per heavy atom. The van der Waals surface area contributed by atoms with Gasteiger partial charge in [0.15, 0.2) is 0 Å². The Balaban J connectivity index is 2.39. The van der Waals surface area contributed by atoms with Crippen molar-refractivity contribution in [2.75, 3.05) is 11.4 Å². The molecule has 0 bridgehead atoms. The third kappa shape index (κ3) is 3.62. The predicted molar refractivity (Wildman–Crippen MR) is 85.0 cm³/mol. The summed E-state index contributed by atoms with van der Waals surface area (Å²) in [4.78, 5) is 2.18. The minimum absolute atomic E-state index is 0.558. The molecule has 0 aliphatic rings. The molecule has 0 radical (unpaired) electrons. The summed E-state index contributed by atoms with van der Waals surface area (Å²) >= 11 is 0. The molecule has 21 heavy (non-hydrogen) atoms. The SMILES string of the molecule is CCN(Cc1ccccc1)c1cc(C#N)ccc1[C@H](C)O. The molecule has 3 nitrogen and oxygen atoms in total. The zero-order valence-electron chi connectivity index (χ0n) is 12.5. The number of nitrogens with zero attached hydrogens (tertiary/aromatic N) is 2. The lowest BCUT2D eigenvalue weighted by molar-refractivity contribution is 0.199. The van der Waals surface area contributed by atoms with Crippen LogP contribution in [0, 0.1) is 11.3 Å². The van der Waals surface area contributed by atoms with Crippen LogP contribution in [0.5, 0.6) is 0 Å². The molecule has 1 N–H and O–H groups in total. The molecule has 0 saturated carbocycles. The average molecular weight is 280 g/mol. The van der Waals surface area contributed by atoms with Crippen molar-refractivity contribution >= 4 is 5.69 Å². The molecule has 0 fully saturated rings. The van der Waals surface area contributed by atoms with Crippen molar-refractivity contribution in [3.63, 3.8) is 0 Å². The molecule has 0 heterocycles. The highest BCUT2D eigenvalue weighted by atomic mass is 16.3. The lowest BCUT2D eigenvalue weighted by Gasteiger charge is -2.27. The van der Waals surface area contributed by atoms with E-state index in [1.165, 1.54) is 5.56 Å². The largest absolute Gasteiger partial charge is 0.389 e. The van der Waals surface area contributed by atoms with Crippen LogP contribution in [0.2, 0.25) is 0 Å². The van der Waals surface area contributed by atoms with E-state index >= 15 is 0 Å². The highest BCUT2D eigenvalue weighted by molar-refractivity contribution is 5.58. The topological polar surface area (TPSA) is 47.3 Å². The van der Waals surface area contributed by atoms with Crippen molar-refractivity contribution < 1.29 is 5.11 Å². The van der Waals surface area contributed by atoms with Crippen LogP contribution in [-0.2, 0) is 6.54 Å². The molecule has 2 aromatic rings. The van der Waals surface area contributed by atoms with E-state index < -0.39 is 6.10 Å². The summed E-state index contributed by atoms with van der Waals surface area (Å²) in [5.41, 5.74) is 3.60.